The number of rotatable bonds is 8. The molecule has 1 aromatic rings. The molecule has 0 saturated heterocycles. The van der Waals surface area contributed by atoms with E-state index in [0.29, 0.717) is 37.9 Å². The second-order valence-electron chi connectivity index (χ2n) is 5.35. The minimum atomic E-state index is -0.0165. The van der Waals surface area contributed by atoms with Gasteiger partial charge in [-0.2, -0.15) is 0 Å². The molecule has 1 fully saturated rings. The van der Waals surface area contributed by atoms with Gasteiger partial charge in [0.05, 0.1) is 12.9 Å². The summed E-state index contributed by atoms with van der Waals surface area (Å²) in [4.78, 5) is 18.7. The molecule has 1 amide bonds. The summed E-state index contributed by atoms with van der Waals surface area (Å²) in [5.41, 5.74) is 6.00. The summed E-state index contributed by atoms with van der Waals surface area (Å²) in [5.74, 6) is 0.610. The van der Waals surface area contributed by atoms with Crippen LogP contribution in [-0.4, -0.2) is 53.2 Å². The quantitative estimate of drug-likeness (QED) is 0.762. The number of hydrogen-bond acceptors (Lipinski definition) is 4. The van der Waals surface area contributed by atoms with Crippen molar-refractivity contribution in [3.63, 3.8) is 0 Å². The molecular formula is C14H24N4O2. The van der Waals surface area contributed by atoms with E-state index in [1.54, 1.807) is 19.6 Å². The Labute approximate surface area is 119 Å². The fourth-order valence-corrected chi connectivity index (χ4v) is 2.40. The van der Waals surface area contributed by atoms with Crippen LogP contribution in [0.5, 0.6) is 0 Å². The summed E-state index contributed by atoms with van der Waals surface area (Å²) in [5, 5.41) is 0. The van der Waals surface area contributed by atoms with Gasteiger partial charge in [0.2, 0.25) is 0 Å². The standard InChI is InChI=1S/C14H24N4O2/c1-11(12-3-4-12)18(7-8-20-2)14(19)13-9-17(6-5-15)10-16-13/h9-12H,3-8,15H2,1-2H3. The van der Waals surface area contributed by atoms with Crippen LogP contribution in [-0.2, 0) is 11.3 Å². The highest BCUT2D eigenvalue weighted by Gasteiger charge is 2.34. The van der Waals surface area contributed by atoms with E-state index < -0.39 is 0 Å². The minimum Gasteiger partial charge on any atom is -0.383 e. The second-order valence-corrected chi connectivity index (χ2v) is 5.35. The normalized spacial score (nSPS) is 16.1. The Hall–Kier alpha value is -1.40. The number of carbonyl (C=O) groups is 1. The second kappa shape index (κ2) is 6.85. The average Bonchev–Trinajstić information content (AvgIpc) is 3.19. The third-order valence-electron chi connectivity index (χ3n) is 3.83. The summed E-state index contributed by atoms with van der Waals surface area (Å²) in [7, 11) is 1.65. The lowest BCUT2D eigenvalue weighted by atomic mass is 10.1. The number of methoxy groups -OCH3 is 1. The lowest BCUT2D eigenvalue weighted by Gasteiger charge is -2.28. The first-order valence-electron chi connectivity index (χ1n) is 7.19. The van der Waals surface area contributed by atoms with E-state index in [1.807, 2.05) is 9.47 Å². The van der Waals surface area contributed by atoms with Crippen LogP contribution in [0.4, 0.5) is 0 Å². The topological polar surface area (TPSA) is 73.4 Å². The highest BCUT2D eigenvalue weighted by molar-refractivity contribution is 5.92. The Kier molecular flexibility index (Phi) is 5.14. The van der Waals surface area contributed by atoms with E-state index >= 15 is 0 Å². The van der Waals surface area contributed by atoms with Crippen molar-refractivity contribution in [2.45, 2.75) is 32.4 Å². The van der Waals surface area contributed by atoms with Gasteiger partial charge >= 0.3 is 0 Å². The fraction of sp³-hybridized carbons (Fsp3) is 0.714. The van der Waals surface area contributed by atoms with Crippen LogP contribution in [0.2, 0.25) is 0 Å². The minimum absolute atomic E-state index is 0.0165. The van der Waals surface area contributed by atoms with Crippen LogP contribution in [0.1, 0.15) is 30.3 Å². The van der Waals surface area contributed by atoms with Crippen molar-refractivity contribution in [2.24, 2.45) is 11.7 Å². The number of hydrogen-bond donors (Lipinski definition) is 1. The molecule has 0 spiro atoms. The van der Waals surface area contributed by atoms with E-state index in [0.717, 1.165) is 0 Å². The molecule has 1 saturated carbocycles. The molecule has 2 N–H and O–H groups in total. The van der Waals surface area contributed by atoms with Gasteiger partial charge in [0.15, 0.2) is 0 Å². The zero-order chi connectivity index (χ0) is 14.5. The Morgan fingerprint density at radius 2 is 2.40 bits per heavy atom. The van der Waals surface area contributed by atoms with E-state index in [1.165, 1.54) is 12.8 Å². The van der Waals surface area contributed by atoms with Gasteiger partial charge in [-0.05, 0) is 25.7 Å². The predicted molar refractivity (Wildman–Crippen MR) is 76.4 cm³/mol. The highest BCUT2D eigenvalue weighted by atomic mass is 16.5. The predicted octanol–water partition coefficient (Wildman–Crippen LogP) is 0.729. The molecule has 20 heavy (non-hydrogen) atoms. The van der Waals surface area contributed by atoms with Gasteiger partial charge in [-0.1, -0.05) is 0 Å². The first-order valence-corrected chi connectivity index (χ1v) is 7.19. The lowest BCUT2D eigenvalue weighted by molar-refractivity contribution is 0.0589. The first-order chi connectivity index (χ1) is 9.67. The molecule has 1 atom stereocenters. The van der Waals surface area contributed by atoms with Crippen molar-refractivity contribution < 1.29 is 9.53 Å². The average molecular weight is 280 g/mol. The number of nitrogens with two attached hydrogens (primary N) is 1. The van der Waals surface area contributed by atoms with Crippen molar-refractivity contribution in [1.29, 1.82) is 0 Å². The molecular weight excluding hydrogens is 256 g/mol. The highest BCUT2D eigenvalue weighted by Crippen LogP contribution is 2.35. The van der Waals surface area contributed by atoms with Crippen LogP contribution < -0.4 is 5.73 Å². The van der Waals surface area contributed by atoms with Gasteiger partial charge in [-0.25, -0.2) is 4.98 Å². The molecule has 6 heteroatoms. The number of nitrogens with zero attached hydrogens (tertiary/aromatic N) is 3. The molecule has 1 aromatic heterocycles. The molecule has 1 aliphatic rings. The number of carbonyl (C=O) groups excluding carboxylic acids is 1. The Bertz CT molecular complexity index is 442. The van der Waals surface area contributed by atoms with Gasteiger partial charge in [0, 0.05) is 39.0 Å². The molecule has 6 nitrogen and oxygen atoms in total. The van der Waals surface area contributed by atoms with Crippen LogP contribution >= 0.6 is 0 Å². The van der Waals surface area contributed by atoms with Gasteiger partial charge in [0.25, 0.3) is 5.91 Å². The van der Waals surface area contributed by atoms with E-state index in [9.17, 15) is 4.79 Å². The summed E-state index contributed by atoms with van der Waals surface area (Å²) >= 11 is 0. The number of imidazole rings is 1. The SMILES string of the molecule is COCCN(C(=O)c1cn(CCN)cn1)C(C)C1CC1. The molecule has 112 valence electrons. The third kappa shape index (κ3) is 3.58. The van der Waals surface area contributed by atoms with Gasteiger partial charge in [0.1, 0.15) is 5.69 Å². The van der Waals surface area contributed by atoms with Crippen LogP contribution in [0.25, 0.3) is 0 Å². The lowest BCUT2D eigenvalue weighted by Crippen LogP contribution is -2.42. The van der Waals surface area contributed by atoms with E-state index in [-0.39, 0.29) is 11.9 Å². The van der Waals surface area contributed by atoms with Crippen molar-refractivity contribution in [3.05, 3.63) is 18.2 Å². The van der Waals surface area contributed by atoms with Gasteiger partial charge in [-0.3, -0.25) is 4.79 Å². The molecule has 0 radical (unpaired) electrons. The zero-order valence-electron chi connectivity index (χ0n) is 12.3. The summed E-state index contributed by atoms with van der Waals surface area (Å²) in [6.45, 7) is 4.48. The monoisotopic (exact) mass is 280 g/mol. The van der Waals surface area contributed by atoms with Crippen molar-refractivity contribution in [2.75, 3.05) is 26.8 Å². The van der Waals surface area contributed by atoms with Crippen LogP contribution in [0.3, 0.4) is 0 Å². The van der Waals surface area contributed by atoms with Gasteiger partial charge < -0.3 is 19.9 Å². The third-order valence-corrected chi connectivity index (χ3v) is 3.83. The Morgan fingerprint density at radius 3 is 3.00 bits per heavy atom. The van der Waals surface area contributed by atoms with Gasteiger partial charge in [-0.15, -0.1) is 0 Å². The maximum atomic E-state index is 12.6. The van der Waals surface area contributed by atoms with Crippen molar-refractivity contribution in [3.8, 4) is 0 Å². The smallest absolute Gasteiger partial charge is 0.274 e. The number of aromatic nitrogens is 2. The van der Waals surface area contributed by atoms with Crippen molar-refractivity contribution in [1.82, 2.24) is 14.5 Å². The maximum Gasteiger partial charge on any atom is 0.274 e. The largest absolute Gasteiger partial charge is 0.383 e. The maximum absolute atomic E-state index is 12.6. The van der Waals surface area contributed by atoms with E-state index in [4.69, 9.17) is 10.5 Å². The summed E-state index contributed by atoms with van der Waals surface area (Å²) in [6.07, 6.45) is 5.85. The molecule has 2 rings (SSSR count). The molecule has 1 heterocycles. The molecule has 0 bridgehead atoms. The summed E-state index contributed by atoms with van der Waals surface area (Å²) < 4.78 is 6.97. The molecule has 1 aliphatic carbocycles. The van der Waals surface area contributed by atoms with E-state index in [2.05, 4.69) is 11.9 Å². The van der Waals surface area contributed by atoms with Crippen molar-refractivity contribution >= 4 is 5.91 Å². The Morgan fingerprint density at radius 1 is 1.65 bits per heavy atom. The number of ether oxygens (including phenoxy) is 1. The molecule has 0 aromatic carbocycles. The number of amides is 1. The van der Waals surface area contributed by atoms with Crippen LogP contribution in [0, 0.1) is 5.92 Å². The first kappa shape index (κ1) is 15.0. The summed E-state index contributed by atoms with van der Waals surface area (Å²) in [6, 6.07) is 0.248. The van der Waals surface area contributed by atoms with Crippen LogP contribution in [0.15, 0.2) is 12.5 Å². The molecule has 1 unspecified atom stereocenters. The fourth-order valence-electron chi connectivity index (χ4n) is 2.40. The zero-order valence-corrected chi connectivity index (χ0v) is 12.3. The molecule has 0 aliphatic heterocycles. The Balaban J connectivity index is 2.07.